The summed E-state index contributed by atoms with van der Waals surface area (Å²) in [5.41, 5.74) is 0. The number of hydrogen-bond acceptors (Lipinski definition) is 5. The van der Waals surface area contributed by atoms with Gasteiger partial charge in [0, 0.05) is 12.5 Å². The fourth-order valence-electron chi connectivity index (χ4n) is 2.35. The molecular weight excluding hydrogens is 246 g/mol. The summed E-state index contributed by atoms with van der Waals surface area (Å²) < 4.78 is 5.73. The van der Waals surface area contributed by atoms with Crippen LogP contribution < -0.4 is 5.32 Å². The lowest BCUT2D eigenvalue weighted by molar-refractivity contribution is 0.100. The lowest BCUT2D eigenvalue weighted by atomic mass is 10.0. The molecule has 3 atom stereocenters. The number of rotatable bonds is 6. The Balaban J connectivity index is 2.01. The molecule has 102 valence electrons. The normalized spacial score (nSPS) is 25.5. The van der Waals surface area contributed by atoms with Gasteiger partial charge in [-0.2, -0.15) is 0 Å². The van der Waals surface area contributed by atoms with Crippen molar-refractivity contribution in [1.82, 2.24) is 15.5 Å². The number of hydrogen-bond donors (Lipinski definition) is 1. The summed E-state index contributed by atoms with van der Waals surface area (Å²) in [5.74, 6) is 0.458. The van der Waals surface area contributed by atoms with Crippen molar-refractivity contribution in [2.24, 2.45) is 0 Å². The first-order valence-electron chi connectivity index (χ1n) is 6.94. The molecule has 0 spiro atoms. The van der Waals surface area contributed by atoms with Crippen LogP contribution in [-0.2, 0) is 4.74 Å². The maximum absolute atomic E-state index is 5.73. The molecular formula is C13H23N3OS. The van der Waals surface area contributed by atoms with Gasteiger partial charge in [-0.1, -0.05) is 25.2 Å². The molecule has 1 N–H and O–H groups in total. The molecule has 3 unspecified atom stereocenters. The van der Waals surface area contributed by atoms with E-state index in [-0.39, 0.29) is 0 Å². The molecule has 5 heteroatoms. The SMILES string of the molecule is CCCNC(C)c1nnc(C2CCOC2CC)s1. The zero-order chi connectivity index (χ0) is 13.0. The molecule has 0 bridgehead atoms. The fourth-order valence-corrected chi connectivity index (χ4v) is 3.41. The van der Waals surface area contributed by atoms with Crippen molar-refractivity contribution in [1.29, 1.82) is 0 Å². The zero-order valence-electron chi connectivity index (χ0n) is 11.5. The molecule has 18 heavy (non-hydrogen) atoms. The molecule has 1 aromatic heterocycles. The first-order valence-corrected chi connectivity index (χ1v) is 7.76. The smallest absolute Gasteiger partial charge is 0.134 e. The van der Waals surface area contributed by atoms with E-state index >= 15 is 0 Å². The van der Waals surface area contributed by atoms with E-state index in [0.717, 1.165) is 42.4 Å². The van der Waals surface area contributed by atoms with Crippen LogP contribution >= 0.6 is 11.3 Å². The van der Waals surface area contributed by atoms with Crippen LogP contribution in [0.25, 0.3) is 0 Å². The Bertz CT molecular complexity index is 369. The van der Waals surface area contributed by atoms with Crippen LogP contribution in [0, 0.1) is 0 Å². The molecule has 0 aromatic carbocycles. The number of nitrogens with zero attached hydrogens (tertiary/aromatic N) is 2. The van der Waals surface area contributed by atoms with Gasteiger partial charge in [-0.15, -0.1) is 10.2 Å². The maximum atomic E-state index is 5.73. The molecule has 0 radical (unpaired) electrons. The second kappa shape index (κ2) is 6.59. The van der Waals surface area contributed by atoms with E-state index in [1.807, 2.05) is 0 Å². The monoisotopic (exact) mass is 269 g/mol. The Hall–Kier alpha value is -0.520. The molecule has 1 aliphatic rings. The molecule has 2 rings (SSSR count). The van der Waals surface area contributed by atoms with Gasteiger partial charge in [0.25, 0.3) is 0 Å². The first kappa shape index (κ1) is 13.9. The van der Waals surface area contributed by atoms with E-state index in [1.54, 1.807) is 11.3 Å². The summed E-state index contributed by atoms with van der Waals surface area (Å²) >= 11 is 1.74. The van der Waals surface area contributed by atoms with E-state index in [9.17, 15) is 0 Å². The van der Waals surface area contributed by atoms with E-state index in [0.29, 0.717) is 18.1 Å². The lowest BCUT2D eigenvalue weighted by Gasteiger charge is -2.13. The summed E-state index contributed by atoms with van der Waals surface area (Å²) in [7, 11) is 0. The second-order valence-corrected chi connectivity index (χ2v) is 5.91. The minimum Gasteiger partial charge on any atom is -0.377 e. The molecule has 1 saturated heterocycles. The highest BCUT2D eigenvalue weighted by atomic mass is 32.1. The minimum atomic E-state index is 0.304. The fraction of sp³-hybridized carbons (Fsp3) is 0.846. The van der Waals surface area contributed by atoms with Crippen LogP contribution in [0.5, 0.6) is 0 Å². The summed E-state index contributed by atoms with van der Waals surface area (Å²) in [6.45, 7) is 8.40. The van der Waals surface area contributed by atoms with Crippen LogP contribution in [0.2, 0.25) is 0 Å². The molecule has 4 nitrogen and oxygen atoms in total. The number of nitrogens with one attached hydrogen (secondary N) is 1. The summed E-state index contributed by atoms with van der Waals surface area (Å²) in [5, 5.41) is 14.4. The van der Waals surface area contributed by atoms with Gasteiger partial charge >= 0.3 is 0 Å². The zero-order valence-corrected chi connectivity index (χ0v) is 12.3. The topological polar surface area (TPSA) is 47.0 Å². The van der Waals surface area contributed by atoms with Crippen molar-refractivity contribution in [3.8, 4) is 0 Å². The van der Waals surface area contributed by atoms with Crippen LogP contribution in [0.3, 0.4) is 0 Å². The summed E-state index contributed by atoms with van der Waals surface area (Å²) in [6, 6.07) is 0.304. The Morgan fingerprint density at radius 2 is 2.28 bits per heavy atom. The van der Waals surface area contributed by atoms with Gasteiger partial charge in [0.15, 0.2) is 0 Å². The quantitative estimate of drug-likeness (QED) is 0.862. The molecule has 2 heterocycles. The minimum absolute atomic E-state index is 0.304. The van der Waals surface area contributed by atoms with Crippen LogP contribution in [0.1, 0.15) is 62.0 Å². The Labute approximate surface area is 113 Å². The van der Waals surface area contributed by atoms with Gasteiger partial charge in [-0.25, -0.2) is 0 Å². The largest absolute Gasteiger partial charge is 0.377 e. The van der Waals surface area contributed by atoms with Gasteiger partial charge in [-0.3, -0.25) is 0 Å². The molecule has 1 fully saturated rings. The highest BCUT2D eigenvalue weighted by Gasteiger charge is 2.31. The predicted molar refractivity (Wildman–Crippen MR) is 74.0 cm³/mol. The van der Waals surface area contributed by atoms with Gasteiger partial charge in [-0.05, 0) is 32.7 Å². The van der Waals surface area contributed by atoms with E-state index in [4.69, 9.17) is 4.74 Å². The van der Waals surface area contributed by atoms with Crippen molar-refractivity contribution >= 4 is 11.3 Å². The molecule has 0 amide bonds. The first-order chi connectivity index (χ1) is 8.76. The highest BCUT2D eigenvalue weighted by Crippen LogP contribution is 2.35. The van der Waals surface area contributed by atoms with Gasteiger partial charge < -0.3 is 10.1 Å². The molecule has 0 saturated carbocycles. The van der Waals surface area contributed by atoms with Crippen LogP contribution in [0.4, 0.5) is 0 Å². The second-order valence-electron chi connectivity index (χ2n) is 4.87. The lowest BCUT2D eigenvalue weighted by Crippen LogP contribution is -2.19. The van der Waals surface area contributed by atoms with E-state index in [1.165, 1.54) is 0 Å². The Kier molecular flexibility index (Phi) is 5.09. The van der Waals surface area contributed by atoms with Gasteiger partial charge in [0.05, 0.1) is 12.1 Å². The Morgan fingerprint density at radius 1 is 1.44 bits per heavy atom. The van der Waals surface area contributed by atoms with Crippen molar-refractivity contribution in [2.45, 2.75) is 58.1 Å². The third-order valence-electron chi connectivity index (χ3n) is 3.46. The van der Waals surface area contributed by atoms with Gasteiger partial charge in [0.2, 0.25) is 0 Å². The van der Waals surface area contributed by atoms with Gasteiger partial charge in [0.1, 0.15) is 10.0 Å². The van der Waals surface area contributed by atoms with Crippen LogP contribution in [-0.4, -0.2) is 29.5 Å². The summed E-state index contributed by atoms with van der Waals surface area (Å²) in [6.07, 6.45) is 3.63. The highest BCUT2D eigenvalue weighted by molar-refractivity contribution is 7.11. The molecule has 1 aromatic rings. The maximum Gasteiger partial charge on any atom is 0.134 e. The third kappa shape index (κ3) is 3.08. The average molecular weight is 269 g/mol. The van der Waals surface area contributed by atoms with Crippen LogP contribution in [0.15, 0.2) is 0 Å². The predicted octanol–water partition coefficient (Wildman–Crippen LogP) is 2.88. The summed E-state index contributed by atoms with van der Waals surface area (Å²) in [4.78, 5) is 0. The third-order valence-corrected chi connectivity index (χ3v) is 4.69. The standard InChI is InChI=1S/C13H23N3OS/c1-4-7-14-9(3)12-15-16-13(18-12)10-6-8-17-11(10)5-2/h9-11,14H,4-8H2,1-3H3. The van der Waals surface area contributed by atoms with E-state index in [2.05, 4.69) is 36.3 Å². The van der Waals surface area contributed by atoms with E-state index < -0.39 is 0 Å². The number of ether oxygens (including phenoxy) is 1. The van der Waals surface area contributed by atoms with Crippen molar-refractivity contribution in [3.05, 3.63) is 10.0 Å². The van der Waals surface area contributed by atoms with Crippen molar-refractivity contribution < 1.29 is 4.74 Å². The average Bonchev–Trinajstić information content (AvgIpc) is 3.02. The molecule has 1 aliphatic heterocycles. The Morgan fingerprint density at radius 3 is 3.00 bits per heavy atom. The number of aromatic nitrogens is 2. The molecule has 0 aliphatic carbocycles. The van der Waals surface area contributed by atoms with Crippen molar-refractivity contribution in [2.75, 3.05) is 13.2 Å². The van der Waals surface area contributed by atoms with Crippen molar-refractivity contribution in [3.63, 3.8) is 0 Å².